The van der Waals surface area contributed by atoms with Crippen LogP contribution in [0.3, 0.4) is 0 Å². The van der Waals surface area contributed by atoms with Gasteiger partial charge in [0.15, 0.2) is 0 Å². The van der Waals surface area contributed by atoms with Gasteiger partial charge >= 0.3 is 5.97 Å². The molecule has 4 rings (SSSR count). The van der Waals surface area contributed by atoms with E-state index >= 15 is 0 Å². The van der Waals surface area contributed by atoms with Gasteiger partial charge in [-0.15, -0.1) is 0 Å². The Morgan fingerprint density at radius 1 is 1.06 bits per heavy atom. The maximum Gasteiger partial charge on any atom is 0.302 e. The number of allylic oxidation sites excluding steroid dienone is 2. The standard InChI is InChI=1S/C31H50Br2O2/c1-8-22(19(2)3)10-9-20(4)25-11-12-26-24-17-28(32)31(33)18-23(35-21(5)34)13-16-30(31,7)27(24)14-15-29(25,26)6/h9-10,19-20,22-28H,8,11-18H2,1-7H3/b10-9+/t20-,22-,23+,24?,25?,26?,27?,28-,29-,30-,31+/m1/s1. The number of hydrogen-bond donors (Lipinski definition) is 0. The van der Waals surface area contributed by atoms with Gasteiger partial charge in [0.2, 0.25) is 0 Å². The molecule has 4 unspecified atom stereocenters. The van der Waals surface area contributed by atoms with Gasteiger partial charge in [0.1, 0.15) is 6.10 Å². The maximum absolute atomic E-state index is 11.7. The van der Waals surface area contributed by atoms with Crippen LogP contribution in [0.2, 0.25) is 0 Å². The number of carbonyl (C=O) groups is 1. The van der Waals surface area contributed by atoms with Crippen LogP contribution in [0, 0.1) is 52.3 Å². The first-order valence-electron chi connectivity index (χ1n) is 14.6. The van der Waals surface area contributed by atoms with Gasteiger partial charge in [-0.1, -0.05) is 85.6 Å². The van der Waals surface area contributed by atoms with Crippen molar-refractivity contribution in [2.24, 2.45) is 52.3 Å². The van der Waals surface area contributed by atoms with Crippen LogP contribution in [-0.4, -0.2) is 21.2 Å². The predicted molar refractivity (Wildman–Crippen MR) is 154 cm³/mol. The zero-order valence-electron chi connectivity index (χ0n) is 23.3. The lowest BCUT2D eigenvalue weighted by Gasteiger charge is -2.66. The summed E-state index contributed by atoms with van der Waals surface area (Å²) in [5, 5.41) is 0. The summed E-state index contributed by atoms with van der Waals surface area (Å²) >= 11 is 8.51. The Kier molecular flexibility index (Phi) is 8.36. The predicted octanol–water partition coefficient (Wildman–Crippen LogP) is 9.34. The highest BCUT2D eigenvalue weighted by Gasteiger charge is 2.67. The van der Waals surface area contributed by atoms with Crippen molar-refractivity contribution in [3.05, 3.63) is 12.2 Å². The molecular formula is C31H50Br2O2. The SMILES string of the molecule is CC[C@H](/C=C/[C@@H](C)C1CCC2C3C[C@@H](Br)[C@@]4(Br)C[C@@H](OC(C)=O)CC[C@]4(C)C3CC[C@@]21C)C(C)C. The summed E-state index contributed by atoms with van der Waals surface area (Å²) in [5.74, 6) is 5.19. The van der Waals surface area contributed by atoms with E-state index in [0.717, 1.165) is 48.9 Å². The fourth-order valence-electron chi connectivity index (χ4n) is 9.67. The Bertz CT molecular complexity index is 810. The van der Waals surface area contributed by atoms with E-state index in [9.17, 15) is 4.79 Å². The molecular weight excluding hydrogens is 564 g/mol. The van der Waals surface area contributed by atoms with Crippen LogP contribution in [0.15, 0.2) is 12.2 Å². The highest BCUT2D eigenvalue weighted by Crippen LogP contribution is 2.71. The molecule has 200 valence electrons. The van der Waals surface area contributed by atoms with Gasteiger partial charge < -0.3 is 4.74 Å². The van der Waals surface area contributed by atoms with Crippen molar-refractivity contribution < 1.29 is 9.53 Å². The topological polar surface area (TPSA) is 26.3 Å². The van der Waals surface area contributed by atoms with Crippen molar-refractivity contribution >= 4 is 37.8 Å². The van der Waals surface area contributed by atoms with Crippen molar-refractivity contribution in [3.63, 3.8) is 0 Å². The van der Waals surface area contributed by atoms with Gasteiger partial charge in [-0.3, -0.25) is 4.79 Å². The summed E-state index contributed by atoms with van der Waals surface area (Å²) < 4.78 is 5.73. The first-order chi connectivity index (χ1) is 16.4. The zero-order chi connectivity index (χ0) is 25.8. The summed E-state index contributed by atoms with van der Waals surface area (Å²) in [6, 6.07) is 0. The van der Waals surface area contributed by atoms with Gasteiger partial charge in [0.25, 0.3) is 0 Å². The number of halogens is 2. The lowest BCUT2D eigenvalue weighted by molar-refractivity contribution is -0.155. The molecule has 4 saturated carbocycles. The summed E-state index contributed by atoms with van der Waals surface area (Å²) in [6.45, 7) is 16.3. The highest BCUT2D eigenvalue weighted by molar-refractivity contribution is 9.12. The van der Waals surface area contributed by atoms with E-state index < -0.39 is 0 Å². The lowest BCUT2D eigenvalue weighted by Crippen LogP contribution is -2.64. The minimum absolute atomic E-state index is 0.00726. The number of carbonyl (C=O) groups excluding carboxylic acids is 1. The third kappa shape index (κ3) is 4.76. The number of rotatable bonds is 6. The van der Waals surface area contributed by atoms with Gasteiger partial charge in [-0.25, -0.2) is 0 Å². The number of ether oxygens (including phenoxy) is 1. The molecule has 4 aliphatic carbocycles. The Balaban J connectivity index is 1.54. The molecule has 0 aromatic carbocycles. The average molecular weight is 615 g/mol. The Morgan fingerprint density at radius 3 is 2.40 bits per heavy atom. The molecule has 0 radical (unpaired) electrons. The quantitative estimate of drug-likeness (QED) is 0.169. The van der Waals surface area contributed by atoms with Crippen LogP contribution in [-0.2, 0) is 9.53 Å². The summed E-state index contributed by atoms with van der Waals surface area (Å²) in [4.78, 5) is 12.1. The van der Waals surface area contributed by atoms with E-state index in [0.29, 0.717) is 22.1 Å². The van der Waals surface area contributed by atoms with E-state index in [1.165, 1.54) is 38.5 Å². The molecule has 4 fully saturated rings. The maximum atomic E-state index is 11.7. The molecule has 4 heteroatoms. The third-order valence-electron chi connectivity index (χ3n) is 11.7. The van der Waals surface area contributed by atoms with E-state index in [1.807, 2.05) is 0 Å². The van der Waals surface area contributed by atoms with Crippen molar-refractivity contribution in [3.8, 4) is 0 Å². The largest absolute Gasteiger partial charge is 0.463 e. The number of fused-ring (bicyclic) bond motifs is 5. The van der Waals surface area contributed by atoms with E-state index in [2.05, 4.69) is 85.6 Å². The molecule has 0 saturated heterocycles. The smallest absolute Gasteiger partial charge is 0.302 e. The molecule has 0 heterocycles. The third-order valence-corrected chi connectivity index (χ3v) is 15.3. The fraction of sp³-hybridized carbons (Fsp3) is 0.903. The van der Waals surface area contributed by atoms with Gasteiger partial charge in [-0.05, 0) is 104 Å². The molecule has 2 nitrogen and oxygen atoms in total. The van der Waals surface area contributed by atoms with Crippen molar-refractivity contribution in [1.82, 2.24) is 0 Å². The van der Waals surface area contributed by atoms with E-state index in [1.54, 1.807) is 6.92 Å². The molecule has 11 atom stereocenters. The van der Waals surface area contributed by atoms with Crippen molar-refractivity contribution in [2.75, 3.05) is 0 Å². The molecule has 0 bridgehead atoms. The first kappa shape index (κ1) is 28.2. The van der Waals surface area contributed by atoms with E-state index in [-0.39, 0.29) is 21.8 Å². The normalized spacial score (nSPS) is 47.1. The molecule has 35 heavy (non-hydrogen) atoms. The molecule has 0 N–H and O–H groups in total. The number of hydrogen-bond acceptors (Lipinski definition) is 2. The minimum Gasteiger partial charge on any atom is -0.463 e. The van der Waals surface area contributed by atoms with Crippen molar-refractivity contribution in [2.45, 2.75) is 122 Å². The zero-order valence-corrected chi connectivity index (χ0v) is 26.5. The van der Waals surface area contributed by atoms with E-state index in [4.69, 9.17) is 4.74 Å². The number of alkyl halides is 2. The minimum atomic E-state index is -0.137. The molecule has 4 aliphatic rings. The van der Waals surface area contributed by atoms with Crippen LogP contribution in [0.1, 0.15) is 106 Å². The molecule has 0 aliphatic heterocycles. The van der Waals surface area contributed by atoms with Crippen LogP contribution >= 0.6 is 31.9 Å². The summed E-state index contributed by atoms with van der Waals surface area (Å²) in [6.07, 6.45) is 16.3. The van der Waals surface area contributed by atoms with Crippen molar-refractivity contribution in [1.29, 1.82) is 0 Å². The highest BCUT2D eigenvalue weighted by atomic mass is 79.9. The summed E-state index contributed by atoms with van der Waals surface area (Å²) in [7, 11) is 0. The lowest BCUT2D eigenvalue weighted by atomic mass is 9.44. The second-order valence-corrected chi connectivity index (χ2v) is 16.1. The average Bonchev–Trinajstić information content (AvgIpc) is 3.13. The van der Waals surface area contributed by atoms with Crippen LogP contribution in [0.4, 0.5) is 0 Å². The second-order valence-electron chi connectivity index (χ2n) is 13.6. The first-order valence-corrected chi connectivity index (χ1v) is 16.3. The molecule has 0 aromatic heterocycles. The van der Waals surface area contributed by atoms with Crippen LogP contribution < -0.4 is 0 Å². The fourth-order valence-corrected chi connectivity index (χ4v) is 11.9. The number of esters is 1. The molecule has 0 aromatic rings. The van der Waals surface area contributed by atoms with Crippen LogP contribution in [0.5, 0.6) is 0 Å². The van der Waals surface area contributed by atoms with Gasteiger partial charge in [0.05, 0.1) is 0 Å². The molecule has 0 amide bonds. The Morgan fingerprint density at radius 2 is 1.77 bits per heavy atom. The van der Waals surface area contributed by atoms with Gasteiger partial charge in [0, 0.05) is 22.5 Å². The van der Waals surface area contributed by atoms with Gasteiger partial charge in [-0.2, -0.15) is 0 Å². The monoisotopic (exact) mass is 612 g/mol. The molecule has 0 spiro atoms. The Labute approximate surface area is 232 Å². The summed E-state index contributed by atoms with van der Waals surface area (Å²) in [5.41, 5.74) is 0.714. The second kappa shape index (κ2) is 10.4. The Hall–Kier alpha value is 0.170. The van der Waals surface area contributed by atoms with Crippen LogP contribution in [0.25, 0.3) is 0 Å².